The third-order valence-corrected chi connectivity index (χ3v) is 3.37. The molecule has 2 N–H and O–H groups in total. The Morgan fingerprint density at radius 3 is 1.70 bits per heavy atom. The van der Waals surface area contributed by atoms with Crippen molar-refractivity contribution in [3.05, 3.63) is 35.9 Å². The number of hydrogen-bond acceptors (Lipinski definition) is 1. The molecular weight excluding hydrogens is 349 g/mol. The van der Waals surface area contributed by atoms with Gasteiger partial charge in [-0.3, -0.25) is 0 Å². The summed E-state index contributed by atoms with van der Waals surface area (Å²) in [5.74, 6) is 0. The molecule has 20 heavy (non-hydrogen) atoms. The summed E-state index contributed by atoms with van der Waals surface area (Å²) in [4.78, 5) is 8.56. The fourth-order valence-corrected chi connectivity index (χ4v) is 1.98. The molecule has 0 aliphatic rings. The molecule has 0 aliphatic carbocycles. The van der Waals surface area contributed by atoms with E-state index >= 15 is 0 Å². The van der Waals surface area contributed by atoms with Gasteiger partial charge in [-0.2, -0.15) is 0 Å². The first-order valence-corrected chi connectivity index (χ1v) is 6.30. The van der Waals surface area contributed by atoms with Crippen LogP contribution in [0.3, 0.4) is 0 Å². The van der Waals surface area contributed by atoms with Crippen molar-refractivity contribution in [1.82, 2.24) is 0 Å². The van der Waals surface area contributed by atoms with Gasteiger partial charge in [0, 0.05) is 5.56 Å². The van der Waals surface area contributed by atoms with E-state index in [1.165, 1.54) is 36.2 Å². The number of nitrogens with zero attached hydrogens (tertiary/aromatic N) is 1. The van der Waals surface area contributed by atoms with E-state index in [1.54, 1.807) is 0 Å². The van der Waals surface area contributed by atoms with Gasteiger partial charge in [-0.05, 0) is 20.8 Å². The molecule has 0 saturated carbocycles. The molecule has 0 amide bonds. The van der Waals surface area contributed by atoms with Crippen molar-refractivity contribution in [3.8, 4) is 0 Å². The molecule has 0 heterocycles. The van der Waals surface area contributed by atoms with Crippen LogP contribution in [0.15, 0.2) is 30.3 Å². The number of carbonyl (C=O) groups is 1. The zero-order chi connectivity index (χ0) is 14.0. The second kappa shape index (κ2) is 14.5. The Morgan fingerprint density at radius 2 is 1.40 bits per heavy atom. The molecule has 1 aromatic carbocycles. The molecule has 0 radical (unpaired) electrons. The van der Waals surface area contributed by atoms with Crippen LogP contribution in [0.4, 0.5) is 4.79 Å². The molecule has 0 bridgehead atoms. The van der Waals surface area contributed by atoms with Crippen LogP contribution < -0.4 is 51.4 Å². The summed E-state index contributed by atoms with van der Waals surface area (Å²) >= 11 is 0. The van der Waals surface area contributed by atoms with Crippen molar-refractivity contribution >= 4 is 23.1 Å². The maximum absolute atomic E-state index is 8.56. The van der Waals surface area contributed by atoms with Gasteiger partial charge in [0.2, 0.25) is 0 Å². The molecule has 6 heteroatoms. The predicted octanol–water partition coefficient (Wildman–Crippen LogP) is 0.980. The van der Waals surface area contributed by atoms with E-state index in [9.17, 15) is 0 Å². The normalized spacial score (nSPS) is 9.35. The summed E-state index contributed by atoms with van der Waals surface area (Å²) in [5, 5.41) is 13.9. The summed E-state index contributed by atoms with van der Waals surface area (Å²) in [7, 11) is 0. The monoisotopic (exact) mass is 374 g/mol. The van der Waals surface area contributed by atoms with E-state index < -0.39 is 6.16 Å². The fourth-order valence-electron chi connectivity index (χ4n) is 1.98. The van der Waals surface area contributed by atoms with Gasteiger partial charge in [0.15, 0.2) is 0 Å². The molecule has 0 fully saturated rings. The van der Waals surface area contributed by atoms with Gasteiger partial charge in [0.1, 0.15) is 6.54 Å². The Balaban J connectivity index is -0.000000185. The molecule has 0 aromatic heterocycles. The number of rotatable bonds is 5. The van der Waals surface area contributed by atoms with Crippen LogP contribution >= 0.6 is 17.0 Å². The number of benzene rings is 1. The maximum Gasteiger partial charge on any atom is 1.00 e. The molecule has 4 nitrogen and oxygen atoms in total. The van der Waals surface area contributed by atoms with E-state index in [2.05, 4.69) is 51.1 Å². The van der Waals surface area contributed by atoms with Crippen molar-refractivity contribution in [2.75, 3.05) is 19.6 Å². The molecule has 0 saturated heterocycles. The average molecular weight is 375 g/mol. The van der Waals surface area contributed by atoms with E-state index in [0.29, 0.717) is 0 Å². The van der Waals surface area contributed by atoms with Gasteiger partial charge in [0.25, 0.3) is 0 Å². The molecule has 112 valence electrons. The Bertz CT molecular complexity index is 339. The number of hydrogen-bond donors (Lipinski definition) is 2. The zero-order valence-electron chi connectivity index (χ0n) is 13.9. The summed E-state index contributed by atoms with van der Waals surface area (Å²) in [6, 6.07) is 10.8. The van der Waals surface area contributed by atoms with Crippen LogP contribution in [0.1, 0.15) is 27.8 Å². The van der Waals surface area contributed by atoms with Crippen LogP contribution in [0.2, 0.25) is 0 Å². The topological polar surface area (TPSA) is 57.5 Å². The smallest absolute Gasteiger partial charge is 1.00 e. The molecule has 0 aliphatic heterocycles. The Kier molecular flexibility index (Phi) is 18.5. The Labute approximate surface area is 176 Å². The first-order valence-electron chi connectivity index (χ1n) is 6.30. The molecular formula is C14H26BrKNO3+. The number of halogens is 1. The van der Waals surface area contributed by atoms with Gasteiger partial charge < -0.3 is 16.1 Å². The minimum atomic E-state index is -1.83. The van der Waals surface area contributed by atoms with Gasteiger partial charge in [-0.15, -0.1) is 17.0 Å². The standard InChI is InChI=1S/C13H22N.CH2O3.BrH.K.H/c1-4-14(5-2,6-3)12-13-10-8-7-9-11-13;2-1(3)4;;;/h7-11H,4-6,12H2,1-3H3;(H2,2,3,4);1H;;/q+1;;;+1;-1. The third-order valence-electron chi connectivity index (χ3n) is 3.37. The van der Waals surface area contributed by atoms with E-state index in [1.807, 2.05) is 0 Å². The molecule has 1 aromatic rings. The number of carboxylic acid groups (broad SMARTS) is 2. The van der Waals surface area contributed by atoms with Crippen molar-refractivity contribution in [2.45, 2.75) is 27.3 Å². The first kappa shape index (κ1) is 25.5. The zero-order valence-corrected chi connectivity index (χ0v) is 17.7. The van der Waals surface area contributed by atoms with Gasteiger partial charge >= 0.3 is 57.5 Å². The van der Waals surface area contributed by atoms with Crippen molar-refractivity contribution < 1.29 is 72.3 Å². The Morgan fingerprint density at radius 1 is 1.05 bits per heavy atom. The summed E-state index contributed by atoms with van der Waals surface area (Å²) in [5.41, 5.74) is 1.46. The first-order chi connectivity index (χ1) is 8.49. The number of quaternary nitrogens is 1. The van der Waals surface area contributed by atoms with Crippen molar-refractivity contribution in [1.29, 1.82) is 0 Å². The van der Waals surface area contributed by atoms with Crippen LogP contribution in [0.5, 0.6) is 0 Å². The van der Waals surface area contributed by atoms with Gasteiger partial charge in [-0.25, -0.2) is 4.79 Å². The van der Waals surface area contributed by atoms with Gasteiger partial charge in [-0.1, -0.05) is 30.3 Å². The second-order valence-corrected chi connectivity index (χ2v) is 4.22. The third kappa shape index (κ3) is 11.3. The maximum atomic E-state index is 8.56. The van der Waals surface area contributed by atoms with E-state index in [4.69, 9.17) is 15.0 Å². The molecule has 0 unspecified atom stereocenters. The predicted molar refractivity (Wildman–Crippen MR) is 84.1 cm³/mol. The van der Waals surface area contributed by atoms with Crippen LogP contribution in [0.25, 0.3) is 0 Å². The summed E-state index contributed by atoms with van der Waals surface area (Å²) < 4.78 is 1.20. The van der Waals surface area contributed by atoms with Gasteiger partial charge in [0.05, 0.1) is 19.6 Å². The Hall–Kier alpha value is 0.566. The minimum absolute atomic E-state index is 0. The van der Waals surface area contributed by atoms with Crippen molar-refractivity contribution in [3.63, 3.8) is 0 Å². The fraction of sp³-hybridized carbons (Fsp3) is 0.500. The SMILES string of the molecule is Br.CC[N+](CC)(CC)Cc1ccccc1.O=C(O)O.[H-].[K+]. The largest absolute Gasteiger partial charge is 1.00 e. The van der Waals surface area contributed by atoms with Crippen molar-refractivity contribution in [2.24, 2.45) is 0 Å². The van der Waals surface area contributed by atoms with E-state index in [0.717, 1.165) is 0 Å². The van der Waals surface area contributed by atoms with Crippen LogP contribution in [-0.4, -0.2) is 40.5 Å². The van der Waals surface area contributed by atoms with Crippen LogP contribution in [0, 0.1) is 0 Å². The summed E-state index contributed by atoms with van der Waals surface area (Å²) in [6.07, 6.45) is -1.83. The molecule has 0 spiro atoms. The second-order valence-electron chi connectivity index (χ2n) is 4.22. The molecule has 0 atom stereocenters. The summed E-state index contributed by atoms with van der Waals surface area (Å²) in [6.45, 7) is 11.7. The minimum Gasteiger partial charge on any atom is -1.00 e. The quantitative estimate of drug-likeness (QED) is 0.596. The van der Waals surface area contributed by atoms with E-state index in [-0.39, 0.29) is 69.8 Å². The molecule has 1 rings (SSSR count). The average Bonchev–Trinajstić information content (AvgIpc) is 2.37. The van der Waals surface area contributed by atoms with Crippen LogP contribution in [-0.2, 0) is 6.54 Å².